The Balaban J connectivity index is 1.85. The van der Waals surface area contributed by atoms with Crippen LogP contribution in [0.5, 0.6) is 0 Å². The van der Waals surface area contributed by atoms with E-state index in [1.54, 1.807) is 11.8 Å². The first-order valence-electron chi connectivity index (χ1n) is 6.82. The third-order valence-corrected chi connectivity index (χ3v) is 3.43. The Morgan fingerprint density at radius 3 is 2.89 bits per heavy atom. The second-order valence-corrected chi connectivity index (χ2v) is 5.11. The van der Waals surface area contributed by atoms with E-state index < -0.39 is 0 Å². The molecule has 0 aliphatic carbocycles. The highest BCUT2D eigenvalue weighted by Gasteiger charge is 2.30. The average Bonchev–Trinajstić information content (AvgIpc) is 2.84. The molecule has 1 fully saturated rings. The number of carbonyl (C=O) groups is 1. The summed E-state index contributed by atoms with van der Waals surface area (Å²) in [5, 5.41) is 9.44. The number of hydrogen-bond donors (Lipinski definition) is 1. The lowest BCUT2D eigenvalue weighted by molar-refractivity contribution is 0.0795. The quantitative estimate of drug-likeness (QED) is 0.908. The van der Waals surface area contributed by atoms with E-state index in [9.17, 15) is 9.90 Å². The minimum atomic E-state index is -0.382. The molecule has 0 spiro atoms. The first-order valence-corrected chi connectivity index (χ1v) is 6.82. The first-order chi connectivity index (χ1) is 9.16. The number of likely N-dealkylation sites (tertiary alicyclic amines) is 1. The molecule has 104 valence electrons. The smallest absolute Gasteiger partial charge is 0.410 e. The highest BCUT2D eigenvalue weighted by Crippen LogP contribution is 2.22. The van der Waals surface area contributed by atoms with Gasteiger partial charge in [-0.25, -0.2) is 4.79 Å². The van der Waals surface area contributed by atoms with Crippen LogP contribution in [-0.4, -0.2) is 34.8 Å². The number of nitrogens with zero attached hydrogens (tertiary/aromatic N) is 1. The molecule has 1 heterocycles. The number of ether oxygens (including phenoxy) is 1. The molecule has 4 heteroatoms. The number of rotatable bonds is 4. The highest BCUT2D eigenvalue weighted by molar-refractivity contribution is 5.68. The Labute approximate surface area is 114 Å². The Hall–Kier alpha value is -1.55. The molecule has 1 aliphatic rings. The monoisotopic (exact) mass is 263 g/mol. The van der Waals surface area contributed by atoms with E-state index in [0.717, 1.165) is 24.9 Å². The van der Waals surface area contributed by atoms with E-state index >= 15 is 0 Å². The molecule has 1 saturated heterocycles. The van der Waals surface area contributed by atoms with Gasteiger partial charge in [-0.05, 0) is 31.7 Å². The van der Waals surface area contributed by atoms with Gasteiger partial charge >= 0.3 is 6.09 Å². The maximum Gasteiger partial charge on any atom is 0.410 e. The van der Waals surface area contributed by atoms with E-state index in [1.807, 2.05) is 30.3 Å². The normalized spacial score (nSPS) is 20.3. The summed E-state index contributed by atoms with van der Waals surface area (Å²) in [5.74, 6) is 0. The molecular weight excluding hydrogens is 242 g/mol. The molecule has 1 N–H and O–H groups in total. The second kappa shape index (κ2) is 6.57. The lowest BCUT2D eigenvalue weighted by atomic mass is 10.1. The van der Waals surface area contributed by atoms with E-state index in [-0.39, 0.29) is 18.2 Å². The second-order valence-electron chi connectivity index (χ2n) is 5.11. The van der Waals surface area contributed by atoms with Crippen LogP contribution in [-0.2, 0) is 11.3 Å². The molecule has 4 nitrogen and oxygen atoms in total. The van der Waals surface area contributed by atoms with Gasteiger partial charge in [0.15, 0.2) is 0 Å². The SMILES string of the molecule is C[C@@H](O)C[C@H]1CCCN1C(=O)OCc1ccccc1. The van der Waals surface area contributed by atoms with Gasteiger partial charge in [0.25, 0.3) is 0 Å². The van der Waals surface area contributed by atoms with Crippen molar-refractivity contribution in [2.24, 2.45) is 0 Å². The molecule has 1 aromatic rings. The predicted octanol–water partition coefficient (Wildman–Crippen LogP) is 2.56. The maximum atomic E-state index is 12.0. The first kappa shape index (κ1) is 13.9. The zero-order chi connectivity index (χ0) is 13.7. The van der Waals surface area contributed by atoms with Crippen molar-refractivity contribution in [3.05, 3.63) is 35.9 Å². The third-order valence-electron chi connectivity index (χ3n) is 3.43. The van der Waals surface area contributed by atoms with Gasteiger partial charge in [0, 0.05) is 12.6 Å². The summed E-state index contributed by atoms with van der Waals surface area (Å²) in [6, 6.07) is 9.77. The van der Waals surface area contributed by atoms with Crippen LogP contribution in [0.4, 0.5) is 4.79 Å². The van der Waals surface area contributed by atoms with E-state index in [2.05, 4.69) is 0 Å². The van der Waals surface area contributed by atoms with Crippen LogP contribution in [0.25, 0.3) is 0 Å². The van der Waals surface area contributed by atoms with Crippen LogP contribution < -0.4 is 0 Å². The van der Waals surface area contributed by atoms with Gasteiger partial charge in [-0.15, -0.1) is 0 Å². The Bertz CT molecular complexity index is 405. The summed E-state index contributed by atoms with van der Waals surface area (Å²) in [7, 11) is 0. The zero-order valence-electron chi connectivity index (χ0n) is 11.3. The third kappa shape index (κ3) is 3.96. The van der Waals surface area contributed by atoms with E-state index in [1.165, 1.54) is 0 Å². The highest BCUT2D eigenvalue weighted by atomic mass is 16.6. The van der Waals surface area contributed by atoms with Gasteiger partial charge in [-0.3, -0.25) is 0 Å². The van der Waals surface area contributed by atoms with Crippen molar-refractivity contribution in [1.29, 1.82) is 0 Å². The van der Waals surface area contributed by atoms with Gasteiger partial charge in [-0.1, -0.05) is 30.3 Å². The fourth-order valence-electron chi connectivity index (χ4n) is 2.52. The minimum Gasteiger partial charge on any atom is -0.445 e. The van der Waals surface area contributed by atoms with E-state index in [0.29, 0.717) is 13.0 Å². The van der Waals surface area contributed by atoms with Crippen LogP contribution in [0.1, 0.15) is 31.7 Å². The molecule has 1 amide bonds. The molecule has 2 atom stereocenters. The molecular formula is C15H21NO3. The van der Waals surface area contributed by atoms with E-state index in [4.69, 9.17) is 4.74 Å². The lowest BCUT2D eigenvalue weighted by Crippen LogP contribution is -2.37. The summed E-state index contributed by atoms with van der Waals surface area (Å²) in [6.07, 6.45) is 1.91. The molecule has 1 aliphatic heterocycles. The number of benzene rings is 1. The number of hydrogen-bond acceptors (Lipinski definition) is 3. The Kier molecular flexibility index (Phi) is 4.80. The van der Waals surface area contributed by atoms with Crippen LogP contribution in [0, 0.1) is 0 Å². The molecule has 1 aromatic carbocycles. The molecule has 0 radical (unpaired) electrons. The topological polar surface area (TPSA) is 49.8 Å². The summed E-state index contributed by atoms with van der Waals surface area (Å²) >= 11 is 0. The summed E-state index contributed by atoms with van der Waals surface area (Å²) in [4.78, 5) is 13.8. The summed E-state index contributed by atoms with van der Waals surface area (Å²) < 4.78 is 5.33. The van der Waals surface area contributed by atoms with Crippen molar-refractivity contribution in [2.75, 3.05) is 6.54 Å². The molecule has 0 bridgehead atoms. The summed E-state index contributed by atoms with van der Waals surface area (Å²) in [5.41, 5.74) is 0.988. The zero-order valence-corrected chi connectivity index (χ0v) is 11.3. The maximum absolute atomic E-state index is 12.0. The molecule has 2 rings (SSSR count). The van der Waals surface area contributed by atoms with Crippen molar-refractivity contribution in [2.45, 2.75) is 44.9 Å². The van der Waals surface area contributed by atoms with Gasteiger partial charge in [0.1, 0.15) is 6.61 Å². The average molecular weight is 263 g/mol. The van der Waals surface area contributed by atoms with Gasteiger partial charge in [0.05, 0.1) is 6.10 Å². The number of aliphatic hydroxyl groups excluding tert-OH is 1. The Morgan fingerprint density at radius 1 is 1.47 bits per heavy atom. The van der Waals surface area contributed by atoms with Crippen molar-refractivity contribution < 1.29 is 14.6 Å². The largest absolute Gasteiger partial charge is 0.445 e. The standard InChI is InChI=1S/C15H21NO3/c1-12(17)10-14-8-5-9-16(14)15(18)19-11-13-6-3-2-4-7-13/h2-4,6-7,12,14,17H,5,8-11H2,1H3/t12-,14-/m1/s1. The molecule has 19 heavy (non-hydrogen) atoms. The van der Waals surface area contributed by atoms with Crippen LogP contribution in [0.3, 0.4) is 0 Å². The lowest BCUT2D eigenvalue weighted by Gasteiger charge is -2.24. The van der Waals surface area contributed by atoms with Crippen molar-refractivity contribution in [3.63, 3.8) is 0 Å². The fourth-order valence-corrected chi connectivity index (χ4v) is 2.52. The van der Waals surface area contributed by atoms with Gasteiger partial charge in [0.2, 0.25) is 0 Å². The van der Waals surface area contributed by atoms with Crippen LogP contribution in [0.2, 0.25) is 0 Å². The predicted molar refractivity (Wildman–Crippen MR) is 72.7 cm³/mol. The van der Waals surface area contributed by atoms with Crippen LogP contribution >= 0.6 is 0 Å². The van der Waals surface area contributed by atoms with Gasteiger partial charge in [-0.2, -0.15) is 0 Å². The van der Waals surface area contributed by atoms with Crippen molar-refractivity contribution in [1.82, 2.24) is 4.90 Å². The molecule has 0 unspecified atom stereocenters. The molecule has 0 aromatic heterocycles. The minimum absolute atomic E-state index is 0.114. The summed E-state index contributed by atoms with van der Waals surface area (Å²) in [6.45, 7) is 2.79. The van der Waals surface area contributed by atoms with Crippen molar-refractivity contribution in [3.8, 4) is 0 Å². The molecule has 0 saturated carbocycles. The van der Waals surface area contributed by atoms with Gasteiger partial charge < -0.3 is 14.7 Å². The fraction of sp³-hybridized carbons (Fsp3) is 0.533. The Morgan fingerprint density at radius 2 is 2.21 bits per heavy atom. The van der Waals surface area contributed by atoms with Crippen molar-refractivity contribution >= 4 is 6.09 Å². The number of carbonyl (C=O) groups excluding carboxylic acids is 1. The number of aliphatic hydroxyl groups is 1. The number of amides is 1. The van der Waals surface area contributed by atoms with Crippen LogP contribution in [0.15, 0.2) is 30.3 Å².